The van der Waals surface area contributed by atoms with Crippen molar-refractivity contribution in [2.45, 2.75) is 58.2 Å². The maximum Gasteiger partial charge on any atom is 0.328 e. The molecule has 0 aliphatic heterocycles. The Morgan fingerprint density at radius 1 is 1.39 bits per heavy atom. The van der Waals surface area contributed by atoms with Gasteiger partial charge in [-0.2, -0.15) is 0 Å². The molecule has 0 heterocycles. The number of carboxylic acid groups (broad SMARTS) is 1. The van der Waals surface area contributed by atoms with Crippen LogP contribution in [0.15, 0.2) is 0 Å². The van der Waals surface area contributed by atoms with Crippen LogP contribution in [0.4, 0.5) is 4.79 Å². The summed E-state index contributed by atoms with van der Waals surface area (Å²) in [5.41, 5.74) is 0.217. The molecule has 0 saturated heterocycles. The molecule has 1 aliphatic rings. The first kappa shape index (κ1) is 14.8. The summed E-state index contributed by atoms with van der Waals surface area (Å²) >= 11 is 0. The number of nitrogens with one attached hydrogen (secondary N) is 2. The lowest BCUT2D eigenvalue weighted by Gasteiger charge is -2.21. The van der Waals surface area contributed by atoms with Gasteiger partial charge >= 0.3 is 12.0 Å². The van der Waals surface area contributed by atoms with Gasteiger partial charge < -0.3 is 20.8 Å². The zero-order valence-electron chi connectivity index (χ0n) is 11.1. The van der Waals surface area contributed by atoms with Crippen molar-refractivity contribution >= 4 is 12.0 Å². The highest BCUT2D eigenvalue weighted by Crippen LogP contribution is 2.36. The maximum atomic E-state index is 11.6. The maximum absolute atomic E-state index is 11.6. The number of amides is 2. The number of rotatable bonds is 4. The summed E-state index contributed by atoms with van der Waals surface area (Å²) in [6, 6.07) is -1.74. The lowest BCUT2D eigenvalue weighted by Crippen LogP contribution is -2.52. The normalized spacial score (nSPS) is 25.2. The van der Waals surface area contributed by atoms with E-state index in [0.717, 1.165) is 19.3 Å². The number of urea groups is 1. The van der Waals surface area contributed by atoms with Gasteiger partial charge in [0.25, 0.3) is 0 Å². The van der Waals surface area contributed by atoms with Crippen molar-refractivity contribution in [2.75, 3.05) is 0 Å². The number of aliphatic hydroxyl groups excluding tert-OH is 1. The minimum absolute atomic E-state index is 0.0726. The molecule has 0 aromatic heterocycles. The third-order valence-electron chi connectivity index (χ3n) is 3.34. The Kier molecular flexibility index (Phi) is 4.56. The van der Waals surface area contributed by atoms with Crippen LogP contribution in [-0.2, 0) is 4.79 Å². The highest BCUT2D eigenvalue weighted by Gasteiger charge is 2.32. The predicted molar refractivity (Wildman–Crippen MR) is 66.2 cm³/mol. The van der Waals surface area contributed by atoms with E-state index < -0.39 is 24.1 Å². The second kappa shape index (κ2) is 5.56. The van der Waals surface area contributed by atoms with Crippen molar-refractivity contribution in [1.29, 1.82) is 0 Å². The highest BCUT2D eigenvalue weighted by molar-refractivity contribution is 5.83. The molecule has 104 valence electrons. The van der Waals surface area contributed by atoms with Gasteiger partial charge in [0.15, 0.2) is 6.04 Å². The van der Waals surface area contributed by atoms with Gasteiger partial charge in [-0.25, -0.2) is 9.59 Å². The van der Waals surface area contributed by atoms with E-state index in [1.165, 1.54) is 6.92 Å². The number of aliphatic carboxylic acids is 1. The molecular weight excluding hydrogens is 236 g/mol. The van der Waals surface area contributed by atoms with Gasteiger partial charge in [0.2, 0.25) is 0 Å². The zero-order valence-corrected chi connectivity index (χ0v) is 11.1. The second-order valence-corrected chi connectivity index (χ2v) is 5.78. The van der Waals surface area contributed by atoms with Crippen LogP contribution in [0.3, 0.4) is 0 Å². The van der Waals surface area contributed by atoms with Crippen LogP contribution in [0.2, 0.25) is 0 Å². The summed E-state index contributed by atoms with van der Waals surface area (Å²) in [4.78, 5) is 22.4. The van der Waals surface area contributed by atoms with Gasteiger partial charge in [0, 0.05) is 6.04 Å². The van der Waals surface area contributed by atoms with E-state index in [0.29, 0.717) is 0 Å². The Bertz CT molecular complexity index is 328. The van der Waals surface area contributed by atoms with E-state index in [1.807, 2.05) is 0 Å². The first-order chi connectivity index (χ1) is 8.21. The Balaban J connectivity index is 2.44. The van der Waals surface area contributed by atoms with Gasteiger partial charge in [-0.05, 0) is 31.6 Å². The molecule has 1 aliphatic carbocycles. The molecular formula is C12H22N2O4. The van der Waals surface area contributed by atoms with Crippen molar-refractivity contribution in [3.8, 4) is 0 Å². The van der Waals surface area contributed by atoms with Crippen molar-refractivity contribution < 1.29 is 19.8 Å². The summed E-state index contributed by atoms with van der Waals surface area (Å²) in [6.45, 7) is 5.61. The standard InChI is InChI=1S/C12H22N2O4/c1-7(15)9(10(16)17)14-11(18)13-8-4-5-12(2,3)6-8/h7-9,15H,4-6H2,1-3H3,(H,16,17)(H2,13,14,18). The molecule has 1 saturated carbocycles. The number of aliphatic hydroxyl groups is 1. The Morgan fingerprint density at radius 3 is 2.39 bits per heavy atom. The largest absolute Gasteiger partial charge is 0.480 e. The first-order valence-corrected chi connectivity index (χ1v) is 6.19. The number of carbonyl (C=O) groups is 2. The lowest BCUT2D eigenvalue weighted by molar-refractivity contribution is -0.141. The summed E-state index contributed by atoms with van der Waals surface area (Å²) < 4.78 is 0. The van der Waals surface area contributed by atoms with Gasteiger partial charge in [0.05, 0.1) is 6.10 Å². The fourth-order valence-electron chi connectivity index (χ4n) is 2.32. The van der Waals surface area contributed by atoms with Crippen molar-refractivity contribution in [1.82, 2.24) is 10.6 Å². The van der Waals surface area contributed by atoms with Crippen molar-refractivity contribution in [2.24, 2.45) is 5.41 Å². The van der Waals surface area contributed by atoms with Gasteiger partial charge in [-0.3, -0.25) is 0 Å². The summed E-state index contributed by atoms with van der Waals surface area (Å²) in [7, 11) is 0. The van der Waals surface area contributed by atoms with Crippen molar-refractivity contribution in [3.63, 3.8) is 0 Å². The number of hydrogen-bond acceptors (Lipinski definition) is 3. The predicted octanol–water partition coefficient (Wildman–Crippen LogP) is 0.698. The molecule has 0 bridgehead atoms. The van der Waals surface area contributed by atoms with E-state index in [4.69, 9.17) is 5.11 Å². The zero-order chi connectivity index (χ0) is 13.9. The summed E-state index contributed by atoms with van der Waals surface area (Å²) in [5, 5.41) is 23.1. The molecule has 3 unspecified atom stereocenters. The van der Waals surface area contributed by atoms with E-state index in [-0.39, 0.29) is 11.5 Å². The molecule has 1 rings (SSSR count). The average Bonchev–Trinajstić information content (AvgIpc) is 2.53. The van der Waals surface area contributed by atoms with E-state index in [2.05, 4.69) is 24.5 Å². The minimum atomic E-state index is -1.28. The quantitative estimate of drug-likeness (QED) is 0.596. The average molecular weight is 258 g/mol. The molecule has 1 fully saturated rings. The first-order valence-electron chi connectivity index (χ1n) is 6.19. The van der Waals surface area contributed by atoms with Crippen LogP contribution in [0.5, 0.6) is 0 Å². The van der Waals surface area contributed by atoms with Gasteiger partial charge in [-0.15, -0.1) is 0 Å². The molecule has 0 spiro atoms. The molecule has 3 atom stereocenters. The molecule has 2 amide bonds. The molecule has 18 heavy (non-hydrogen) atoms. The smallest absolute Gasteiger partial charge is 0.328 e. The van der Waals surface area contributed by atoms with Crippen LogP contribution in [0, 0.1) is 5.41 Å². The molecule has 4 N–H and O–H groups in total. The van der Waals surface area contributed by atoms with Gasteiger partial charge in [0.1, 0.15) is 0 Å². The minimum Gasteiger partial charge on any atom is -0.480 e. The highest BCUT2D eigenvalue weighted by atomic mass is 16.4. The second-order valence-electron chi connectivity index (χ2n) is 5.78. The van der Waals surface area contributed by atoms with Crippen LogP contribution >= 0.6 is 0 Å². The summed E-state index contributed by atoms with van der Waals surface area (Å²) in [5.74, 6) is -1.24. The molecule has 0 radical (unpaired) electrons. The van der Waals surface area contributed by atoms with Gasteiger partial charge in [-0.1, -0.05) is 13.8 Å². The SMILES string of the molecule is CC(O)C(NC(=O)NC1CCC(C)(C)C1)C(=O)O. The lowest BCUT2D eigenvalue weighted by atomic mass is 9.92. The Morgan fingerprint density at radius 2 is 2.00 bits per heavy atom. The summed E-state index contributed by atoms with van der Waals surface area (Å²) in [6.07, 6.45) is 1.68. The third kappa shape index (κ3) is 4.18. The number of carbonyl (C=O) groups excluding carboxylic acids is 1. The molecule has 6 heteroatoms. The van der Waals surface area contributed by atoms with Crippen LogP contribution in [-0.4, -0.2) is 40.4 Å². The Hall–Kier alpha value is -1.30. The number of hydrogen-bond donors (Lipinski definition) is 4. The fraction of sp³-hybridized carbons (Fsp3) is 0.833. The van der Waals surface area contributed by atoms with E-state index in [1.54, 1.807) is 0 Å². The fourth-order valence-corrected chi connectivity index (χ4v) is 2.32. The van der Waals surface area contributed by atoms with Crippen LogP contribution in [0.1, 0.15) is 40.0 Å². The molecule has 6 nitrogen and oxygen atoms in total. The monoisotopic (exact) mass is 258 g/mol. The van der Waals surface area contributed by atoms with E-state index >= 15 is 0 Å². The molecule has 0 aromatic carbocycles. The van der Waals surface area contributed by atoms with Crippen LogP contribution < -0.4 is 10.6 Å². The Labute approximate surface area is 107 Å². The number of carboxylic acids is 1. The van der Waals surface area contributed by atoms with Crippen LogP contribution in [0.25, 0.3) is 0 Å². The molecule has 0 aromatic rings. The van der Waals surface area contributed by atoms with Crippen molar-refractivity contribution in [3.05, 3.63) is 0 Å². The third-order valence-corrected chi connectivity index (χ3v) is 3.34. The topological polar surface area (TPSA) is 98.7 Å². The van der Waals surface area contributed by atoms with E-state index in [9.17, 15) is 14.7 Å².